The third-order valence-electron chi connectivity index (χ3n) is 0.789. The molecule has 0 aliphatic rings. The summed E-state index contributed by atoms with van der Waals surface area (Å²) in [5.41, 5.74) is 0. The second kappa shape index (κ2) is 10.9. The lowest BCUT2D eigenvalue weighted by Gasteiger charge is -1.79. The Kier molecular flexibility index (Phi) is 12.7. The molecule has 56 valence electrons. The molecule has 0 rings (SSSR count). The van der Waals surface area contributed by atoms with Gasteiger partial charge in [-0.25, -0.2) is 4.39 Å². The minimum Gasteiger partial charge on any atom is -0.207 e. The van der Waals surface area contributed by atoms with Crippen molar-refractivity contribution >= 4 is 0 Å². The van der Waals surface area contributed by atoms with E-state index in [-0.39, 0.29) is 5.83 Å². The fraction of sp³-hybridized carbons (Fsp3) is 0.333. The molecule has 0 aliphatic heterocycles. The highest BCUT2D eigenvalue weighted by Gasteiger charge is 1.77. The Hall–Kier alpha value is -1.03. The van der Waals surface area contributed by atoms with Crippen LogP contribution in [0.3, 0.4) is 0 Å². The summed E-state index contributed by atoms with van der Waals surface area (Å²) in [6.45, 7) is 3.65. The number of terminal acetylenes is 1. The zero-order chi connectivity index (χ0) is 8.41. The molecule has 0 saturated heterocycles. The summed E-state index contributed by atoms with van der Waals surface area (Å²) in [4.78, 5) is 0. The van der Waals surface area contributed by atoms with Crippen LogP contribution in [0.15, 0.2) is 24.1 Å². The number of hydrogen-bond acceptors (Lipinski definition) is 0. The lowest BCUT2D eigenvalue weighted by atomic mass is 10.4. The van der Waals surface area contributed by atoms with E-state index in [1.807, 2.05) is 6.92 Å². The molecular weight excluding hydrogens is 127 g/mol. The monoisotopic (exact) mass is 140 g/mol. The molecule has 0 bridgehead atoms. The lowest BCUT2D eigenvalue weighted by molar-refractivity contribution is 0.664. The molecule has 1 heteroatoms. The fourth-order valence-corrected chi connectivity index (χ4v) is 0.327. The number of allylic oxidation sites excluding steroid dienone is 4. The number of hydrogen-bond donors (Lipinski definition) is 0. The number of rotatable bonds is 2. The molecule has 0 fully saturated rings. The Labute approximate surface area is 62.5 Å². The summed E-state index contributed by atoms with van der Waals surface area (Å²) in [7, 11) is 0. The Morgan fingerprint density at radius 1 is 1.50 bits per heavy atom. The maximum Gasteiger partial charge on any atom is 0.118 e. The summed E-state index contributed by atoms with van der Waals surface area (Å²) in [6.07, 6.45) is 13.6. The van der Waals surface area contributed by atoms with E-state index in [9.17, 15) is 4.39 Å². The van der Waals surface area contributed by atoms with Crippen molar-refractivity contribution in [1.29, 1.82) is 0 Å². The van der Waals surface area contributed by atoms with Crippen molar-refractivity contribution in [3.63, 3.8) is 0 Å². The van der Waals surface area contributed by atoms with Crippen LogP contribution in [0, 0.1) is 12.8 Å². The van der Waals surface area contributed by atoms with Crippen molar-refractivity contribution in [3.05, 3.63) is 24.1 Å². The highest BCUT2D eigenvalue weighted by molar-refractivity contribution is 5.08. The summed E-state index contributed by atoms with van der Waals surface area (Å²) in [5, 5.41) is 0. The minimum atomic E-state index is -0.160. The molecule has 0 saturated carbocycles. The van der Waals surface area contributed by atoms with Gasteiger partial charge in [-0.15, -0.1) is 12.8 Å². The maximum absolute atomic E-state index is 12.1. The largest absolute Gasteiger partial charge is 0.207 e. The van der Waals surface area contributed by atoms with Crippen molar-refractivity contribution in [3.8, 4) is 12.8 Å². The zero-order valence-electron chi connectivity index (χ0n) is 6.47. The van der Waals surface area contributed by atoms with Crippen LogP contribution in [0.4, 0.5) is 4.39 Å². The van der Waals surface area contributed by atoms with E-state index in [1.165, 1.54) is 12.2 Å². The van der Waals surface area contributed by atoms with Gasteiger partial charge in [-0.05, 0) is 19.4 Å². The molecule has 10 heavy (non-hydrogen) atoms. The molecule has 0 atom stereocenters. The summed E-state index contributed by atoms with van der Waals surface area (Å²) >= 11 is 0. The Balaban J connectivity index is 0. The molecule has 0 heterocycles. The van der Waals surface area contributed by atoms with Gasteiger partial charge in [0, 0.05) is 0 Å². The van der Waals surface area contributed by atoms with Gasteiger partial charge in [0.1, 0.15) is 5.83 Å². The Morgan fingerprint density at radius 3 is 2.30 bits per heavy atom. The Bertz CT molecular complexity index is 129. The first-order valence-corrected chi connectivity index (χ1v) is 3.13. The second-order valence-corrected chi connectivity index (χ2v) is 1.48. The van der Waals surface area contributed by atoms with Crippen LogP contribution in [-0.4, -0.2) is 0 Å². The van der Waals surface area contributed by atoms with Gasteiger partial charge in [0.15, 0.2) is 0 Å². The first-order valence-electron chi connectivity index (χ1n) is 3.13. The van der Waals surface area contributed by atoms with Gasteiger partial charge in [0.05, 0.1) is 0 Å². The highest BCUT2D eigenvalue weighted by Crippen LogP contribution is 1.97. The minimum absolute atomic E-state index is 0.160. The molecule has 0 radical (unpaired) electrons. The summed E-state index contributed by atoms with van der Waals surface area (Å²) < 4.78 is 12.1. The zero-order valence-corrected chi connectivity index (χ0v) is 6.47. The highest BCUT2D eigenvalue weighted by atomic mass is 19.1. The van der Waals surface area contributed by atoms with Crippen LogP contribution in [0.2, 0.25) is 0 Å². The molecule has 0 aromatic carbocycles. The average Bonchev–Trinajstić information content (AvgIpc) is 2.04. The van der Waals surface area contributed by atoms with Gasteiger partial charge in [0.25, 0.3) is 0 Å². The van der Waals surface area contributed by atoms with E-state index >= 15 is 0 Å². The molecule has 0 nitrogen and oxygen atoms in total. The van der Waals surface area contributed by atoms with Crippen molar-refractivity contribution in [2.45, 2.75) is 20.3 Å². The summed E-state index contributed by atoms with van der Waals surface area (Å²) in [6, 6.07) is 0. The molecule has 0 aromatic heterocycles. The molecule has 0 aromatic rings. The van der Waals surface area contributed by atoms with E-state index in [1.54, 1.807) is 13.0 Å². The average molecular weight is 140 g/mol. The SMILES string of the molecule is C#C.C/C=C(F)\C=C/CC. The van der Waals surface area contributed by atoms with Crippen LogP contribution >= 0.6 is 0 Å². The van der Waals surface area contributed by atoms with E-state index < -0.39 is 0 Å². The van der Waals surface area contributed by atoms with E-state index in [2.05, 4.69) is 12.8 Å². The van der Waals surface area contributed by atoms with Crippen LogP contribution in [0.1, 0.15) is 20.3 Å². The molecule has 0 N–H and O–H groups in total. The van der Waals surface area contributed by atoms with Gasteiger partial charge in [-0.2, -0.15) is 0 Å². The van der Waals surface area contributed by atoms with Gasteiger partial charge in [-0.3, -0.25) is 0 Å². The van der Waals surface area contributed by atoms with Crippen molar-refractivity contribution < 1.29 is 4.39 Å². The van der Waals surface area contributed by atoms with Crippen molar-refractivity contribution in [1.82, 2.24) is 0 Å². The van der Waals surface area contributed by atoms with Crippen LogP contribution < -0.4 is 0 Å². The predicted molar refractivity (Wildman–Crippen MR) is 44.2 cm³/mol. The maximum atomic E-state index is 12.1. The third-order valence-corrected chi connectivity index (χ3v) is 0.789. The summed E-state index contributed by atoms with van der Waals surface area (Å²) in [5.74, 6) is -0.160. The van der Waals surface area contributed by atoms with Gasteiger partial charge < -0.3 is 0 Å². The van der Waals surface area contributed by atoms with E-state index in [0.717, 1.165) is 6.42 Å². The molecule has 0 spiro atoms. The topological polar surface area (TPSA) is 0 Å². The van der Waals surface area contributed by atoms with Crippen LogP contribution in [0.5, 0.6) is 0 Å². The quantitative estimate of drug-likeness (QED) is 0.408. The standard InChI is InChI=1S/C7H11F.C2H2/c1-3-5-6-7(8)4-2;1-2/h4-6H,3H2,1-2H3;1-2H/b6-5-,7-4+;. The number of halogens is 1. The molecular formula is C9H13F. The van der Waals surface area contributed by atoms with E-state index in [4.69, 9.17) is 0 Å². The van der Waals surface area contributed by atoms with Crippen molar-refractivity contribution in [2.75, 3.05) is 0 Å². The first-order chi connectivity index (χ1) is 4.81. The lowest BCUT2D eigenvalue weighted by Crippen LogP contribution is -1.60. The normalized spacial score (nSPS) is 10.7. The predicted octanol–water partition coefficient (Wildman–Crippen LogP) is 3.08. The van der Waals surface area contributed by atoms with Gasteiger partial charge in [0.2, 0.25) is 0 Å². The molecule has 0 amide bonds. The Morgan fingerprint density at radius 2 is 2.00 bits per heavy atom. The second-order valence-electron chi connectivity index (χ2n) is 1.48. The van der Waals surface area contributed by atoms with Crippen molar-refractivity contribution in [2.24, 2.45) is 0 Å². The van der Waals surface area contributed by atoms with Crippen LogP contribution in [-0.2, 0) is 0 Å². The smallest absolute Gasteiger partial charge is 0.118 e. The molecule has 0 unspecified atom stereocenters. The third kappa shape index (κ3) is 10.1. The first kappa shape index (κ1) is 11.7. The fourth-order valence-electron chi connectivity index (χ4n) is 0.327. The van der Waals surface area contributed by atoms with Gasteiger partial charge in [-0.1, -0.05) is 19.1 Å². The van der Waals surface area contributed by atoms with Crippen LogP contribution in [0.25, 0.3) is 0 Å². The van der Waals surface area contributed by atoms with Gasteiger partial charge >= 0.3 is 0 Å². The van der Waals surface area contributed by atoms with E-state index in [0.29, 0.717) is 0 Å². The molecule has 0 aliphatic carbocycles.